The Labute approximate surface area is 192 Å². The second-order valence-electron chi connectivity index (χ2n) is 9.20. The van der Waals surface area contributed by atoms with Crippen LogP contribution in [0.1, 0.15) is 68.4 Å². The molecule has 2 aromatic carbocycles. The molecule has 2 aromatic rings. The van der Waals surface area contributed by atoms with E-state index in [0.29, 0.717) is 23.1 Å². The lowest BCUT2D eigenvalue weighted by Crippen LogP contribution is -2.36. The number of rotatable bonds is 5. The molecule has 0 spiro atoms. The Kier molecular flexibility index (Phi) is 8.66. The van der Waals surface area contributed by atoms with Crippen LogP contribution in [0.3, 0.4) is 0 Å². The summed E-state index contributed by atoms with van der Waals surface area (Å²) in [6.45, 7) is 6.99. The van der Waals surface area contributed by atoms with E-state index in [4.69, 9.17) is 15.6 Å². The maximum Gasteiger partial charge on any atom is 0.490 e. The topological polar surface area (TPSA) is 92.4 Å². The van der Waals surface area contributed by atoms with Gasteiger partial charge in [0.25, 0.3) is 0 Å². The number of primary amides is 1. The molecule has 0 radical (unpaired) electrons. The number of alkyl halides is 3. The van der Waals surface area contributed by atoms with Crippen LogP contribution >= 0.6 is 0 Å². The van der Waals surface area contributed by atoms with E-state index in [2.05, 4.69) is 50.4 Å². The zero-order valence-corrected chi connectivity index (χ0v) is 19.1. The van der Waals surface area contributed by atoms with Gasteiger partial charge in [-0.15, -0.1) is 0 Å². The van der Waals surface area contributed by atoms with Gasteiger partial charge in [-0.1, -0.05) is 50.2 Å². The summed E-state index contributed by atoms with van der Waals surface area (Å²) in [6.07, 6.45) is 0.0315. The van der Waals surface area contributed by atoms with Gasteiger partial charge in [-0.05, 0) is 66.8 Å². The maximum absolute atomic E-state index is 11.4. The lowest BCUT2D eigenvalue weighted by atomic mass is 9.75. The number of nitrogens with one attached hydrogen (secondary N) is 1. The molecule has 0 aliphatic heterocycles. The Bertz CT molecular complexity index is 946. The third-order valence-corrected chi connectivity index (χ3v) is 5.96. The number of carboxylic acid groups (broad SMARTS) is 1. The van der Waals surface area contributed by atoms with Crippen molar-refractivity contribution in [3.63, 3.8) is 0 Å². The highest BCUT2D eigenvalue weighted by atomic mass is 19.4. The van der Waals surface area contributed by atoms with E-state index in [9.17, 15) is 18.0 Å². The maximum atomic E-state index is 11.4. The number of hydrogen-bond acceptors (Lipinski definition) is 3. The van der Waals surface area contributed by atoms with Gasteiger partial charge in [0.15, 0.2) is 0 Å². The summed E-state index contributed by atoms with van der Waals surface area (Å²) in [6, 6.07) is 17.0. The van der Waals surface area contributed by atoms with Crippen LogP contribution in [0.5, 0.6) is 0 Å². The van der Waals surface area contributed by atoms with Gasteiger partial charge in [0.1, 0.15) is 0 Å². The minimum absolute atomic E-state index is 0.340. The third kappa shape index (κ3) is 8.20. The first kappa shape index (κ1) is 26.4. The second-order valence-corrected chi connectivity index (χ2v) is 9.20. The molecule has 1 aliphatic carbocycles. The van der Waals surface area contributed by atoms with E-state index in [1.54, 1.807) is 6.07 Å². The number of amides is 1. The highest BCUT2D eigenvalue weighted by Gasteiger charge is 2.38. The van der Waals surface area contributed by atoms with Gasteiger partial charge in [0.05, 0.1) is 0 Å². The van der Waals surface area contributed by atoms with Gasteiger partial charge >= 0.3 is 12.1 Å². The number of carboxylic acids is 1. The number of halogens is 3. The van der Waals surface area contributed by atoms with Crippen LogP contribution in [0, 0.1) is 5.41 Å². The fourth-order valence-electron chi connectivity index (χ4n) is 3.83. The minimum Gasteiger partial charge on any atom is -0.475 e. The Morgan fingerprint density at radius 2 is 1.61 bits per heavy atom. The van der Waals surface area contributed by atoms with Crippen molar-refractivity contribution in [2.45, 2.75) is 64.7 Å². The molecule has 0 heterocycles. The van der Waals surface area contributed by atoms with Crippen molar-refractivity contribution in [3.8, 4) is 11.1 Å². The molecule has 4 N–H and O–H groups in total. The molecule has 0 unspecified atom stereocenters. The van der Waals surface area contributed by atoms with Crippen molar-refractivity contribution in [1.82, 2.24) is 5.32 Å². The zero-order chi connectivity index (χ0) is 24.8. The highest BCUT2D eigenvalue weighted by Crippen LogP contribution is 2.35. The Morgan fingerprint density at radius 3 is 2.09 bits per heavy atom. The molecule has 8 heteroatoms. The Balaban J connectivity index is 0.000000479. The Morgan fingerprint density at radius 1 is 1.06 bits per heavy atom. The first-order valence-electron chi connectivity index (χ1n) is 10.8. The molecule has 3 rings (SSSR count). The van der Waals surface area contributed by atoms with Crippen LogP contribution in [0.15, 0.2) is 48.5 Å². The monoisotopic (exact) mass is 464 g/mol. The molecular weight excluding hydrogens is 433 g/mol. The van der Waals surface area contributed by atoms with Crippen molar-refractivity contribution in [2.75, 3.05) is 0 Å². The molecular formula is C25H31F3N2O3. The number of nitrogens with two attached hydrogens (primary N) is 1. The van der Waals surface area contributed by atoms with Crippen LogP contribution in [0.25, 0.3) is 11.1 Å². The van der Waals surface area contributed by atoms with Gasteiger partial charge in [0, 0.05) is 17.6 Å². The number of carbonyl (C=O) groups excluding carboxylic acids is 1. The summed E-state index contributed by atoms with van der Waals surface area (Å²) in [4.78, 5) is 20.3. The van der Waals surface area contributed by atoms with Crippen molar-refractivity contribution >= 4 is 11.9 Å². The minimum atomic E-state index is -5.08. The molecule has 1 atom stereocenters. The molecule has 1 amide bonds. The largest absolute Gasteiger partial charge is 0.490 e. The van der Waals surface area contributed by atoms with E-state index in [1.165, 1.54) is 31.2 Å². The quantitative estimate of drug-likeness (QED) is 0.529. The smallest absolute Gasteiger partial charge is 0.475 e. The molecule has 1 aliphatic rings. The van der Waals surface area contributed by atoms with Gasteiger partial charge < -0.3 is 16.2 Å². The number of benzene rings is 2. The van der Waals surface area contributed by atoms with Crippen molar-refractivity contribution in [1.29, 1.82) is 0 Å². The average molecular weight is 465 g/mol. The molecule has 1 fully saturated rings. The van der Waals surface area contributed by atoms with Gasteiger partial charge in [-0.3, -0.25) is 4.79 Å². The van der Waals surface area contributed by atoms with E-state index in [1.807, 2.05) is 18.2 Å². The third-order valence-electron chi connectivity index (χ3n) is 5.96. The van der Waals surface area contributed by atoms with E-state index < -0.39 is 18.1 Å². The predicted molar refractivity (Wildman–Crippen MR) is 122 cm³/mol. The highest BCUT2D eigenvalue weighted by molar-refractivity contribution is 5.94. The first-order chi connectivity index (χ1) is 15.3. The van der Waals surface area contributed by atoms with Crippen LogP contribution < -0.4 is 11.1 Å². The number of carbonyl (C=O) groups is 2. The van der Waals surface area contributed by atoms with Crippen LogP contribution in [-0.4, -0.2) is 29.2 Å². The SMILES string of the molecule is C[C@H](NC1CCC(C)(C)CC1)c1ccc(-c2cccc(C(N)=O)c2)cc1.O=C(O)C(F)(F)F. The van der Waals surface area contributed by atoms with Crippen molar-refractivity contribution in [2.24, 2.45) is 11.1 Å². The molecule has 33 heavy (non-hydrogen) atoms. The lowest BCUT2D eigenvalue weighted by molar-refractivity contribution is -0.192. The first-order valence-corrected chi connectivity index (χ1v) is 10.8. The normalized spacial score (nSPS) is 16.9. The average Bonchev–Trinajstić information content (AvgIpc) is 2.75. The van der Waals surface area contributed by atoms with Crippen LogP contribution in [-0.2, 0) is 4.79 Å². The van der Waals surface area contributed by atoms with Crippen LogP contribution in [0.2, 0.25) is 0 Å². The fourth-order valence-corrected chi connectivity index (χ4v) is 3.83. The fraction of sp³-hybridized carbons (Fsp3) is 0.440. The van der Waals surface area contributed by atoms with Gasteiger partial charge in [-0.2, -0.15) is 13.2 Å². The molecule has 0 bridgehead atoms. The number of hydrogen-bond donors (Lipinski definition) is 3. The summed E-state index contributed by atoms with van der Waals surface area (Å²) in [5, 5.41) is 10.9. The predicted octanol–water partition coefficient (Wildman–Crippen LogP) is 5.71. The van der Waals surface area contributed by atoms with E-state index in [0.717, 1.165) is 11.1 Å². The molecule has 0 saturated heterocycles. The summed E-state index contributed by atoms with van der Waals surface area (Å²) < 4.78 is 31.7. The summed E-state index contributed by atoms with van der Waals surface area (Å²) in [7, 11) is 0. The number of aliphatic carboxylic acids is 1. The summed E-state index contributed by atoms with van der Waals surface area (Å²) >= 11 is 0. The zero-order valence-electron chi connectivity index (χ0n) is 19.1. The van der Waals surface area contributed by atoms with E-state index in [-0.39, 0.29) is 0 Å². The van der Waals surface area contributed by atoms with Gasteiger partial charge in [-0.25, -0.2) is 4.79 Å². The van der Waals surface area contributed by atoms with Crippen LogP contribution in [0.4, 0.5) is 13.2 Å². The lowest BCUT2D eigenvalue weighted by Gasteiger charge is -2.36. The molecule has 5 nitrogen and oxygen atoms in total. The standard InChI is InChI=1S/C23H30N2O.C2HF3O2/c1-16(25-21-11-13-23(2,3)14-12-21)17-7-9-18(10-8-17)19-5-4-6-20(15-19)22(24)26;3-2(4,5)1(6)7/h4-10,15-16,21,25H,11-14H2,1-3H3,(H2,24,26);(H,6,7)/t16-;/m0./s1. The summed E-state index contributed by atoms with van der Waals surface area (Å²) in [5.74, 6) is -3.15. The van der Waals surface area contributed by atoms with Crippen molar-refractivity contribution < 1.29 is 27.9 Å². The second kappa shape index (κ2) is 10.8. The molecule has 0 aromatic heterocycles. The molecule has 180 valence electrons. The molecule has 1 saturated carbocycles. The Hall–Kier alpha value is -2.87. The summed E-state index contributed by atoms with van der Waals surface area (Å²) in [5.41, 5.74) is 9.84. The van der Waals surface area contributed by atoms with Crippen molar-refractivity contribution in [3.05, 3.63) is 59.7 Å². The van der Waals surface area contributed by atoms with E-state index >= 15 is 0 Å². The van der Waals surface area contributed by atoms with Gasteiger partial charge in [0.2, 0.25) is 5.91 Å².